The van der Waals surface area contributed by atoms with Gasteiger partial charge in [0.2, 0.25) is 5.95 Å². The zero-order valence-electron chi connectivity index (χ0n) is 11.4. The number of thioether (sulfide) groups is 1. The number of rotatable bonds is 5. The molecule has 2 aromatic rings. The number of benzene rings is 1. The highest BCUT2D eigenvalue weighted by Crippen LogP contribution is 2.47. The largest absolute Gasteiger partial charge is 0.345 e. The van der Waals surface area contributed by atoms with Gasteiger partial charge < -0.3 is 5.32 Å². The van der Waals surface area contributed by atoms with Crippen molar-refractivity contribution in [1.82, 2.24) is 9.97 Å². The molecule has 1 aliphatic rings. The predicted molar refractivity (Wildman–Crippen MR) is 81.1 cm³/mol. The molecule has 0 atom stereocenters. The lowest BCUT2D eigenvalue weighted by Gasteiger charge is -2.17. The van der Waals surface area contributed by atoms with Crippen molar-refractivity contribution < 1.29 is 4.92 Å². The zero-order valence-corrected chi connectivity index (χ0v) is 12.2. The Bertz CT molecular complexity index is 756. The molecule has 0 saturated heterocycles. The fourth-order valence-corrected chi connectivity index (χ4v) is 2.70. The van der Waals surface area contributed by atoms with Crippen LogP contribution in [0.2, 0.25) is 0 Å². The van der Waals surface area contributed by atoms with Crippen molar-refractivity contribution in [2.45, 2.75) is 23.4 Å². The van der Waals surface area contributed by atoms with Crippen molar-refractivity contribution in [2.75, 3.05) is 5.32 Å². The minimum atomic E-state index is -0.590. The maximum absolute atomic E-state index is 10.9. The van der Waals surface area contributed by atoms with E-state index in [4.69, 9.17) is 5.26 Å². The number of aromatic nitrogens is 2. The molecule has 1 N–H and O–H groups in total. The van der Waals surface area contributed by atoms with Crippen LogP contribution >= 0.6 is 11.8 Å². The Morgan fingerprint density at radius 2 is 2.09 bits per heavy atom. The molecule has 1 aromatic carbocycles. The minimum Gasteiger partial charge on any atom is -0.345 e. The molecule has 1 saturated carbocycles. The Labute approximate surface area is 130 Å². The van der Waals surface area contributed by atoms with Crippen molar-refractivity contribution in [3.05, 3.63) is 52.2 Å². The number of nitro groups is 1. The molecule has 1 fully saturated rings. The van der Waals surface area contributed by atoms with Gasteiger partial charge in [-0.3, -0.25) is 10.1 Å². The maximum Gasteiger partial charge on any atom is 0.320 e. The second kappa shape index (κ2) is 5.61. The van der Waals surface area contributed by atoms with Gasteiger partial charge in [0, 0.05) is 11.8 Å². The van der Waals surface area contributed by atoms with Crippen molar-refractivity contribution in [2.24, 2.45) is 0 Å². The van der Waals surface area contributed by atoms with Crippen LogP contribution in [0.25, 0.3) is 0 Å². The van der Waals surface area contributed by atoms with Crippen LogP contribution in [-0.4, -0.2) is 14.9 Å². The second-order valence-electron chi connectivity index (χ2n) is 4.91. The highest BCUT2D eigenvalue weighted by Gasteiger charge is 2.45. The lowest BCUT2D eigenvalue weighted by molar-refractivity contribution is -0.388. The molecule has 0 radical (unpaired) electrons. The molecule has 1 aromatic heterocycles. The van der Waals surface area contributed by atoms with E-state index in [0.717, 1.165) is 24.6 Å². The van der Waals surface area contributed by atoms with Crippen LogP contribution in [0.5, 0.6) is 0 Å². The normalized spacial score (nSPS) is 14.9. The first-order valence-electron chi connectivity index (χ1n) is 6.56. The van der Waals surface area contributed by atoms with Crippen LogP contribution in [-0.2, 0) is 5.54 Å². The standard InChI is InChI=1S/C14H11N5O2S/c15-9-22-12-11(19(20)21)8-16-13(17-12)18-14(6-7-14)10-4-2-1-3-5-10/h1-5,8H,6-7H2,(H,16,17,18). The molecule has 110 valence electrons. The van der Waals surface area contributed by atoms with E-state index in [9.17, 15) is 10.1 Å². The van der Waals surface area contributed by atoms with Crippen molar-refractivity contribution in [3.63, 3.8) is 0 Å². The third-order valence-electron chi connectivity index (χ3n) is 3.50. The van der Waals surface area contributed by atoms with Crippen LogP contribution in [0.15, 0.2) is 41.6 Å². The summed E-state index contributed by atoms with van der Waals surface area (Å²) in [5.74, 6) is 0.296. The molecular weight excluding hydrogens is 302 g/mol. The molecule has 0 spiro atoms. The molecule has 22 heavy (non-hydrogen) atoms. The molecule has 0 aliphatic heterocycles. The summed E-state index contributed by atoms with van der Waals surface area (Å²) in [6, 6.07) is 9.92. The van der Waals surface area contributed by atoms with Crippen molar-refractivity contribution in [3.8, 4) is 5.40 Å². The smallest absolute Gasteiger partial charge is 0.320 e. The Morgan fingerprint density at radius 3 is 2.68 bits per heavy atom. The van der Waals surface area contributed by atoms with Crippen molar-refractivity contribution in [1.29, 1.82) is 5.26 Å². The summed E-state index contributed by atoms with van der Waals surface area (Å²) < 4.78 is 0. The van der Waals surface area contributed by atoms with Gasteiger partial charge in [0.15, 0.2) is 5.03 Å². The van der Waals surface area contributed by atoms with Gasteiger partial charge in [0.25, 0.3) is 0 Å². The monoisotopic (exact) mass is 313 g/mol. The molecular formula is C14H11N5O2S. The van der Waals surface area contributed by atoms with E-state index in [1.807, 2.05) is 35.7 Å². The molecule has 0 unspecified atom stereocenters. The number of nitriles is 1. The predicted octanol–water partition coefficient (Wildman–Crippen LogP) is 3.06. The Morgan fingerprint density at radius 1 is 1.36 bits per heavy atom. The van der Waals surface area contributed by atoms with E-state index in [0.29, 0.717) is 17.7 Å². The third kappa shape index (κ3) is 2.71. The van der Waals surface area contributed by atoms with E-state index in [-0.39, 0.29) is 16.3 Å². The fourth-order valence-electron chi connectivity index (χ4n) is 2.25. The summed E-state index contributed by atoms with van der Waals surface area (Å²) in [4.78, 5) is 18.4. The van der Waals surface area contributed by atoms with Gasteiger partial charge >= 0.3 is 5.69 Å². The van der Waals surface area contributed by atoms with E-state index >= 15 is 0 Å². The van der Waals surface area contributed by atoms with Gasteiger partial charge in [-0.15, -0.1) is 0 Å². The Kier molecular flexibility index (Phi) is 3.65. The summed E-state index contributed by atoms with van der Waals surface area (Å²) in [5, 5.41) is 24.8. The van der Waals surface area contributed by atoms with Crippen LogP contribution in [0.4, 0.5) is 11.6 Å². The first-order valence-corrected chi connectivity index (χ1v) is 7.37. The molecule has 7 nitrogen and oxygen atoms in total. The number of nitrogens with one attached hydrogen (secondary N) is 1. The SMILES string of the molecule is N#CSc1nc(NC2(c3ccccc3)CC2)ncc1[N+](=O)[O-]. The lowest BCUT2D eigenvalue weighted by atomic mass is 10.1. The highest BCUT2D eigenvalue weighted by atomic mass is 32.2. The molecule has 1 aliphatic carbocycles. The van der Waals surface area contributed by atoms with Gasteiger partial charge in [-0.1, -0.05) is 30.3 Å². The summed E-state index contributed by atoms with van der Waals surface area (Å²) in [6.07, 6.45) is 3.02. The first kappa shape index (κ1) is 14.3. The van der Waals surface area contributed by atoms with Gasteiger partial charge in [-0.2, -0.15) is 10.2 Å². The van der Waals surface area contributed by atoms with Gasteiger partial charge in [0.05, 0.1) is 10.5 Å². The molecule has 8 heteroatoms. The van der Waals surface area contributed by atoms with Crippen LogP contribution in [0, 0.1) is 20.8 Å². The Balaban J connectivity index is 1.89. The van der Waals surface area contributed by atoms with Crippen molar-refractivity contribution >= 4 is 23.4 Å². The van der Waals surface area contributed by atoms with E-state index in [1.54, 1.807) is 0 Å². The molecule has 1 heterocycles. The maximum atomic E-state index is 10.9. The van der Waals surface area contributed by atoms with Crippen LogP contribution in [0.1, 0.15) is 18.4 Å². The summed E-state index contributed by atoms with van der Waals surface area (Å²) in [6.45, 7) is 0. The average molecular weight is 313 g/mol. The topological polar surface area (TPSA) is 105 Å². The third-order valence-corrected chi connectivity index (χ3v) is 4.09. The molecule has 0 bridgehead atoms. The van der Waals surface area contributed by atoms with Gasteiger partial charge in [0.1, 0.15) is 11.6 Å². The van der Waals surface area contributed by atoms with E-state index in [2.05, 4.69) is 15.3 Å². The average Bonchev–Trinajstić information content (AvgIpc) is 3.29. The quantitative estimate of drug-likeness (QED) is 0.297. The minimum absolute atomic E-state index is 0.0499. The number of anilines is 1. The fraction of sp³-hybridized carbons (Fsp3) is 0.214. The zero-order chi connectivity index (χ0) is 15.6. The highest BCUT2D eigenvalue weighted by molar-refractivity contribution is 8.03. The Hall–Kier alpha value is -2.66. The van der Waals surface area contributed by atoms with Gasteiger partial charge in [-0.05, 0) is 18.4 Å². The summed E-state index contributed by atoms with van der Waals surface area (Å²) in [5.41, 5.74) is 0.652. The first-order chi connectivity index (χ1) is 10.6. The number of thiocyanates is 1. The van der Waals surface area contributed by atoms with Crippen LogP contribution < -0.4 is 5.32 Å². The van der Waals surface area contributed by atoms with E-state index < -0.39 is 4.92 Å². The van der Waals surface area contributed by atoms with E-state index in [1.165, 1.54) is 0 Å². The number of nitrogens with zero attached hydrogens (tertiary/aromatic N) is 4. The lowest BCUT2D eigenvalue weighted by Crippen LogP contribution is -2.20. The summed E-state index contributed by atoms with van der Waals surface area (Å²) >= 11 is 0.659. The number of hydrogen-bond donors (Lipinski definition) is 1. The van der Waals surface area contributed by atoms with Crippen LogP contribution in [0.3, 0.4) is 0 Å². The summed E-state index contributed by atoms with van der Waals surface area (Å²) in [7, 11) is 0. The van der Waals surface area contributed by atoms with Gasteiger partial charge in [-0.25, -0.2) is 4.98 Å². The molecule has 3 rings (SSSR count). The molecule has 0 amide bonds. The second-order valence-corrected chi connectivity index (χ2v) is 5.68. The number of hydrogen-bond acceptors (Lipinski definition) is 7.